The Balaban J connectivity index is 0.00000180. The maximum absolute atomic E-state index is 10.2. The van der Waals surface area contributed by atoms with E-state index in [1.807, 2.05) is 6.07 Å². The Hall–Kier alpha value is -0.743. The van der Waals surface area contributed by atoms with Crippen LogP contribution in [0.5, 0.6) is 0 Å². The standard InChI is InChI=1S/C11H14BrN5O.Li.H/c1-2-3-4-8(18)7-5-6-9(12)13-10(7)11-14-16-17-15-11;;/h5-6,8,18H,2-4H2,1H3,(H,14,15,16,17);;. The summed E-state index contributed by atoms with van der Waals surface area (Å²) in [6, 6.07) is 3.65. The Bertz CT molecular complexity index is 508. The molecule has 0 radical (unpaired) electrons. The van der Waals surface area contributed by atoms with Crippen molar-refractivity contribution in [2.75, 3.05) is 0 Å². The van der Waals surface area contributed by atoms with Gasteiger partial charge in [0.2, 0.25) is 0 Å². The fourth-order valence-corrected chi connectivity index (χ4v) is 2.03. The average Bonchev–Trinajstić information content (AvgIpc) is 2.89. The van der Waals surface area contributed by atoms with E-state index in [4.69, 9.17) is 0 Å². The molecule has 0 aromatic carbocycles. The van der Waals surface area contributed by atoms with Crippen molar-refractivity contribution in [1.82, 2.24) is 25.6 Å². The van der Waals surface area contributed by atoms with Crippen LogP contribution in [-0.4, -0.2) is 49.6 Å². The fourth-order valence-electron chi connectivity index (χ4n) is 1.72. The summed E-state index contributed by atoms with van der Waals surface area (Å²) in [5.41, 5.74) is 1.32. The zero-order valence-electron chi connectivity index (χ0n) is 9.97. The van der Waals surface area contributed by atoms with Gasteiger partial charge in [0.1, 0.15) is 10.3 Å². The van der Waals surface area contributed by atoms with Gasteiger partial charge in [0.05, 0.1) is 6.10 Å². The van der Waals surface area contributed by atoms with Crippen molar-refractivity contribution >= 4 is 34.8 Å². The third-order valence-corrected chi connectivity index (χ3v) is 3.09. The number of aromatic nitrogens is 5. The third-order valence-electron chi connectivity index (χ3n) is 2.65. The molecular formula is C11H15BrLiN5O. The molecular weight excluding hydrogens is 305 g/mol. The number of aromatic amines is 1. The molecule has 2 N–H and O–H groups in total. The van der Waals surface area contributed by atoms with Crippen molar-refractivity contribution in [2.45, 2.75) is 32.3 Å². The fraction of sp³-hybridized carbons (Fsp3) is 0.455. The summed E-state index contributed by atoms with van der Waals surface area (Å²) in [6.45, 7) is 2.09. The SMILES string of the molecule is CCCCC(O)c1ccc(Br)nc1-c1nnn[nH]1.[LiH]. The number of H-pyrrole nitrogens is 1. The van der Waals surface area contributed by atoms with E-state index in [1.165, 1.54) is 0 Å². The number of aliphatic hydroxyl groups excluding tert-OH is 1. The zero-order chi connectivity index (χ0) is 13.0. The van der Waals surface area contributed by atoms with Crippen LogP contribution in [0.15, 0.2) is 16.7 Å². The first-order chi connectivity index (χ1) is 8.72. The number of nitrogens with zero attached hydrogens (tertiary/aromatic N) is 4. The van der Waals surface area contributed by atoms with Crippen molar-refractivity contribution < 1.29 is 5.11 Å². The quantitative estimate of drug-likeness (QED) is 0.645. The normalized spacial score (nSPS) is 11.9. The van der Waals surface area contributed by atoms with Gasteiger partial charge in [-0.2, -0.15) is 0 Å². The van der Waals surface area contributed by atoms with Gasteiger partial charge in [0.25, 0.3) is 0 Å². The van der Waals surface area contributed by atoms with Crippen molar-refractivity contribution in [1.29, 1.82) is 0 Å². The molecule has 0 aliphatic heterocycles. The number of tetrazole rings is 1. The van der Waals surface area contributed by atoms with Gasteiger partial charge < -0.3 is 5.11 Å². The monoisotopic (exact) mass is 319 g/mol. The van der Waals surface area contributed by atoms with Crippen LogP contribution < -0.4 is 0 Å². The predicted octanol–water partition coefficient (Wildman–Crippen LogP) is 1.60. The van der Waals surface area contributed by atoms with Crippen molar-refractivity contribution in [3.63, 3.8) is 0 Å². The van der Waals surface area contributed by atoms with E-state index in [0.29, 0.717) is 22.5 Å². The summed E-state index contributed by atoms with van der Waals surface area (Å²) in [7, 11) is 0. The van der Waals surface area contributed by atoms with E-state index < -0.39 is 6.10 Å². The van der Waals surface area contributed by atoms with E-state index in [9.17, 15) is 5.11 Å². The van der Waals surface area contributed by atoms with E-state index in [0.717, 1.165) is 18.4 Å². The zero-order valence-corrected chi connectivity index (χ0v) is 11.6. The number of pyridine rings is 1. The van der Waals surface area contributed by atoms with E-state index in [2.05, 4.69) is 48.5 Å². The first-order valence-corrected chi connectivity index (χ1v) is 6.60. The molecule has 2 heterocycles. The molecule has 2 aromatic rings. The number of unbranched alkanes of at least 4 members (excludes halogenated alkanes) is 1. The van der Waals surface area contributed by atoms with Crippen LogP contribution in [-0.2, 0) is 0 Å². The van der Waals surface area contributed by atoms with Crippen LogP contribution in [0, 0.1) is 0 Å². The molecule has 0 aliphatic carbocycles. The van der Waals surface area contributed by atoms with Crippen molar-refractivity contribution in [3.05, 3.63) is 22.3 Å². The Morgan fingerprint density at radius 3 is 2.84 bits per heavy atom. The molecule has 0 amide bonds. The number of aliphatic hydroxyl groups is 1. The number of hydrogen-bond acceptors (Lipinski definition) is 5. The first-order valence-electron chi connectivity index (χ1n) is 5.81. The number of halogens is 1. The second-order valence-electron chi connectivity index (χ2n) is 3.98. The molecule has 8 heteroatoms. The Morgan fingerprint density at radius 2 is 2.21 bits per heavy atom. The number of hydrogen-bond donors (Lipinski definition) is 2. The van der Waals surface area contributed by atoms with Gasteiger partial charge in [-0.15, -0.1) is 5.10 Å². The average molecular weight is 320 g/mol. The molecule has 0 saturated carbocycles. The van der Waals surface area contributed by atoms with E-state index >= 15 is 0 Å². The van der Waals surface area contributed by atoms with E-state index in [-0.39, 0.29) is 18.9 Å². The molecule has 1 atom stereocenters. The molecule has 6 nitrogen and oxygen atoms in total. The topological polar surface area (TPSA) is 87.6 Å². The van der Waals surface area contributed by atoms with Gasteiger partial charge in [-0.25, -0.2) is 10.1 Å². The first kappa shape index (κ1) is 16.3. The van der Waals surface area contributed by atoms with Crippen LogP contribution >= 0.6 is 15.9 Å². The molecule has 0 bridgehead atoms. The van der Waals surface area contributed by atoms with E-state index in [1.54, 1.807) is 6.07 Å². The molecule has 0 spiro atoms. The third kappa shape index (κ3) is 4.11. The summed E-state index contributed by atoms with van der Waals surface area (Å²) in [4.78, 5) is 4.33. The van der Waals surface area contributed by atoms with Crippen molar-refractivity contribution in [2.24, 2.45) is 0 Å². The molecule has 0 fully saturated rings. The van der Waals surface area contributed by atoms with Crippen LogP contribution in [0.3, 0.4) is 0 Å². The summed E-state index contributed by atoms with van der Waals surface area (Å²) >= 11 is 3.31. The van der Waals surface area contributed by atoms with Gasteiger partial charge in [-0.05, 0) is 38.8 Å². The molecule has 2 aromatic heterocycles. The summed E-state index contributed by atoms with van der Waals surface area (Å²) in [5, 5.41) is 23.8. The Labute approximate surface area is 131 Å². The van der Waals surface area contributed by atoms with Gasteiger partial charge in [-0.3, -0.25) is 0 Å². The second kappa shape index (κ2) is 7.75. The molecule has 2 rings (SSSR count). The summed E-state index contributed by atoms with van der Waals surface area (Å²) in [5.74, 6) is 0.460. The molecule has 0 aliphatic rings. The molecule has 19 heavy (non-hydrogen) atoms. The maximum atomic E-state index is 10.2. The van der Waals surface area contributed by atoms with Crippen LogP contribution in [0.4, 0.5) is 0 Å². The minimum atomic E-state index is -0.550. The Kier molecular flexibility index (Phi) is 6.65. The number of rotatable bonds is 5. The van der Waals surface area contributed by atoms with Gasteiger partial charge in [0.15, 0.2) is 5.82 Å². The summed E-state index contributed by atoms with van der Waals surface area (Å²) < 4.78 is 0.681. The van der Waals surface area contributed by atoms with Crippen LogP contribution in [0.25, 0.3) is 11.5 Å². The minimum absolute atomic E-state index is 0. The Morgan fingerprint density at radius 1 is 1.42 bits per heavy atom. The van der Waals surface area contributed by atoms with Gasteiger partial charge in [-0.1, -0.05) is 25.8 Å². The van der Waals surface area contributed by atoms with Crippen LogP contribution in [0.1, 0.15) is 37.9 Å². The predicted molar refractivity (Wildman–Crippen MR) is 76.7 cm³/mol. The van der Waals surface area contributed by atoms with Gasteiger partial charge >= 0.3 is 18.9 Å². The molecule has 0 saturated heterocycles. The molecule has 1 unspecified atom stereocenters. The summed E-state index contributed by atoms with van der Waals surface area (Å²) in [6.07, 6.45) is 2.16. The van der Waals surface area contributed by atoms with Crippen molar-refractivity contribution in [3.8, 4) is 11.5 Å². The molecule has 98 valence electrons. The number of nitrogens with one attached hydrogen (secondary N) is 1. The van der Waals surface area contributed by atoms with Gasteiger partial charge in [0, 0.05) is 5.56 Å². The second-order valence-corrected chi connectivity index (χ2v) is 4.79. The van der Waals surface area contributed by atoms with Crippen LogP contribution in [0.2, 0.25) is 0 Å².